The average Bonchev–Trinajstić information content (AvgIpc) is 3.47. The van der Waals surface area contributed by atoms with E-state index in [-0.39, 0.29) is 6.79 Å². The smallest absolute Gasteiger partial charge is 0.237 e. The zero-order valence-corrected chi connectivity index (χ0v) is 18.6. The molecule has 6 nitrogen and oxygen atoms in total. The van der Waals surface area contributed by atoms with Gasteiger partial charge in [0.1, 0.15) is 0 Å². The second kappa shape index (κ2) is 7.79. The number of ether oxygens (including phenoxy) is 2. The third-order valence-corrected chi connectivity index (χ3v) is 7.79. The summed E-state index contributed by atoms with van der Waals surface area (Å²) >= 11 is 0. The summed E-state index contributed by atoms with van der Waals surface area (Å²) in [5.74, 6) is 1.30. The Bertz CT molecular complexity index is 1470. The molecule has 3 heterocycles. The first-order chi connectivity index (χ1) is 16.1. The van der Waals surface area contributed by atoms with Crippen LogP contribution in [0.25, 0.3) is 17.0 Å². The van der Waals surface area contributed by atoms with Gasteiger partial charge in [-0.15, -0.1) is 0 Å². The molecule has 0 aliphatic carbocycles. The maximum atomic E-state index is 13.6. The molecule has 0 amide bonds. The Morgan fingerprint density at radius 1 is 0.939 bits per heavy atom. The highest BCUT2D eigenvalue weighted by atomic mass is 32.2. The Hall–Kier alpha value is -3.55. The predicted molar refractivity (Wildman–Crippen MR) is 128 cm³/mol. The van der Waals surface area contributed by atoms with Gasteiger partial charge in [0.15, 0.2) is 11.5 Å². The van der Waals surface area contributed by atoms with Gasteiger partial charge in [-0.3, -0.25) is 0 Å². The molecule has 2 aliphatic rings. The minimum atomic E-state index is -3.71. The van der Waals surface area contributed by atoms with E-state index in [1.807, 2.05) is 66.7 Å². The van der Waals surface area contributed by atoms with E-state index in [4.69, 9.17) is 9.47 Å². The van der Waals surface area contributed by atoms with Gasteiger partial charge in [0, 0.05) is 28.5 Å². The molecule has 0 radical (unpaired) electrons. The molecule has 0 saturated carbocycles. The van der Waals surface area contributed by atoms with Crippen LogP contribution in [-0.4, -0.2) is 31.0 Å². The molecule has 7 heteroatoms. The highest BCUT2D eigenvalue weighted by molar-refractivity contribution is 7.92. The first-order valence-electron chi connectivity index (χ1n) is 10.8. The van der Waals surface area contributed by atoms with Crippen molar-refractivity contribution in [3.63, 3.8) is 0 Å². The van der Waals surface area contributed by atoms with Crippen molar-refractivity contribution in [1.29, 1.82) is 0 Å². The summed E-state index contributed by atoms with van der Waals surface area (Å²) in [4.78, 5) is 3.51. The lowest BCUT2D eigenvalue weighted by molar-refractivity contribution is 0.174. The molecule has 2 aliphatic heterocycles. The number of nitrogens with zero attached hydrogens (tertiary/aromatic N) is 1. The van der Waals surface area contributed by atoms with Crippen molar-refractivity contribution in [2.45, 2.75) is 12.5 Å². The third-order valence-electron chi connectivity index (χ3n) is 6.26. The van der Waals surface area contributed by atoms with Crippen molar-refractivity contribution >= 4 is 27.0 Å². The van der Waals surface area contributed by atoms with Crippen LogP contribution in [-0.2, 0) is 16.4 Å². The summed E-state index contributed by atoms with van der Waals surface area (Å²) in [6, 6.07) is 22.7. The van der Waals surface area contributed by atoms with Gasteiger partial charge < -0.3 is 14.5 Å². The number of fused-ring (bicyclic) bond motifs is 4. The molecule has 1 N–H and O–H groups in total. The van der Waals surface area contributed by atoms with Crippen molar-refractivity contribution < 1.29 is 17.9 Å². The minimum absolute atomic E-state index is 0.170. The molecule has 6 rings (SSSR count). The number of aromatic nitrogens is 1. The van der Waals surface area contributed by atoms with Crippen molar-refractivity contribution in [3.8, 4) is 11.5 Å². The average molecular weight is 459 g/mol. The number of benzene rings is 3. The normalized spacial score (nSPS) is 18.1. The second-order valence-corrected chi connectivity index (χ2v) is 9.97. The van der Waals surface area contributed by atoms with Crippen LogP contribution in [0, 0.1) is 0 Å². The summed E-state index contributed by atoms with van der Waals surface area (Å²) in [5.41, 5.74) is 4.74. The topological polar surface area (TPSA) is 71.6 Å². The number of hydrogen-bond donors (Lipinski definition) is 1. The summed E-state index contributed by atoms with van der Waals surface area (Å²) in [5, 5.41) is 2.44. The molecular formula is C26H22N2O4S. The van der Waals surface area contributed by atoms with Gasteiger partial charge >= 0.3 is 0 Å². The lowest BCUT2D eigenvalue weighted by atomic mass is 9.94. The molecule has 0 unspecified atom stereocenters. The van der Waals surface area contributed by atoms with Crippen molar-refractivity contribution in [2.75, 3.05) is 13.3 Å². The Morgan fingerprint density at radius 2 is 1.73 bits per heavy atom. The summed E-state index contributed by atoms with van der Waals surface area (Å²) < 4.78 is 39.8. The number of aromatic amines is 1. The maximum Gasteiger partial charge on any atom is 0.237 e. The van der Waals surface area contributed by atoms with Gasteiger partial charge in [0.2, 0.25) is 16.8 Å². The van der Waals surface area contributed by atoms with Crippen LogP contribution in [0.5, 0.6) is 11.5 Å². The number of nitrogens with one attached hydrogen (secondary N) is 1. The molecule has 0 spiro atoms. The van der Waals surface area contributed by atoms with Crippen LogP contribution in [0.3, 0.4) is 0 Å². The summed E-state index contributed by atoms with van der Waals surface area (Å²) in [6.07, 6.45) is 2.28. The van der Waals surface area contributed by atoms with Gasteiger partial charge in [-0.1, -0.05) is 54.6 Å². The van der Waals surface area contributed by atoms with Crippen LogP contribution in [0.1, 0.15) is 28.4 Å². The molecule has 166 valence electrons. The fourth-order valence-corrected chi connectivity index (χ4v) is 6.07. The van der Waals surface area contributed by atoms with Crippen molar-refractivity contribution in [3.05, 3.63) is 101 Å². The standard InChI is InChI=1S/C26H22N2O4S/c29-33(30,15-13-18-6-2-1-3-7-18)28-14-12-21-20-8-4-5-9-22(20)27-25(21)26(28)19-10-11-23-24(16-19)32-17-31-23/h1-11,13,15-16,26-27H,12,14,17H2/t26-/m1/s1. The third kappa shape index (κ3) is 3.50. The number of hydrogen-bond acceptors (Lipinski definition) is 4. The number of sulfonamides is 1. The van der Waals surface area contributed by atoms with E-state index in [1.54, 1.807) is 10.4 Å². The molecular weight excluding hydrogens is 436 g/mol. The Labute approximate surface area is 192 Å². The Morgan fingerprint density at radius 3 is 2.61 bits per heavy atom. The van der Waals surface area contributed by atoms with E-state index in [1.165, 1.54) is 5.41 Å². The highest BCUT2D eigenvalue weighted by Crippen LogP contribution is 2.43. The lowest BCUT2D eigenvalue weighted by Gasteiger charge is -2.34. The fraction of sp³-hybridized carbons (Fsp3) is 0.154. The van der Waals surface area contributed by atoms with E-state index in [0.29, 0.717) is 24.5 Å². The molecule has 1 aromatic heterocycles. The zero-order chi connectivity index (χ0) is 22.4. The molecule has 0 fully saturated rings. The SMILES string of the molecule is O=S(=O)(C=Cc1ccccc1)N1CCc2c([nH]c3ccccc23)[C@H]1c1ccc2c(c1)OCO2. The summed E-state index contributed by atoms with van der Waals surface area (Å²) in [6.45, 7) is 0.554. The number of rotatable bonds is 4. The van der Waals surface area contributed by atoms with E-state index < -0.39 is 16.1 Å². The zero-order valence-electron chi connectivity index (χ0n) is 17.8. The molecule has 0 saturated heterocycles. The second-order valence-electron chi connectivity index (χ2n) is 8.20. The van der Waals surface area contributed by atoms with E-state index >= 15 is 0 Å². The largest absolute Gasteiger partial charge is 0.454 e. The highest BCUT2D eigenvalue weighted by Gasteiger charge is 2.38. The number of para-hydroxylation sites is 1. The quantitative estimate of drug-likeness (QED) is 0.475. The first kappa shape index (κ1) is 20.1. The van der Waals surface area contributed by atoms with Crippen LogP contribution in [0.15, 0.2) is 78.2 Å². The van der Waals surface area contributed by atoms with Gasteiger partial charge in [0.25, 0.3) is 0 Å². The van der Waals surface area contributed by atoms with E-state index in [0.717, 1.165) is 33.3 Å². The summed E-state index contributed by atoms with van der Waals surface area (Å²) in [7, 11) is -3.71. The first-order valence-corrected chi connectivity index (χ1v) is 12.3. The molecule has 33 heavy (non-hydrogen) atoms. The van der Waals surface area contributed by atoms with E-state index in [9.17, 15) is 8.42 Å². The monoisotopic (exact) mass is 458 g/mol. The van der Waals surface area contributed by atoms with Gasteiger partial charge in [-0.2, -0.15) is 4.31 Å². The van der Waals surface area contributed by atoms with Gasteiger partial charge in [-0.25, -0.2) is 8.42 Å². The molecule has 3 aromatic carbocycles. The van der Waals surface area contributed by atoms with E-state index in [2.05, 4.69) is 11.1 Å². The van der Waals surface area contributed by atoms with Crippen molar-refractivity contribution in [1.82, 2.24) is 9.29 Å². The Balaban J connectivity index is 1.48. The Kier molecular flexibility index (Phi) is 4.74. The fourth-order valence-electron chi connectivity index (χ4n) is 4.72. The minimum Gasteiger partial charge on any atom is -0.454 e. The molecule has 4 aromatic rings. The lowest BCUT2D eigenvalue weighted by Crippen LogP contribution is -2.39. The molecule has 1 atom stereocenters. The number of H-pyrrole nitrogens is 1. The van der Waals surface area contributed by atoms with Crippen molar-refractivity contribution in [2.24, 2.45) is 0 Å². The maximum absolute atomic E-state index is 13.6. The van der Waals surface area contributed by atoms with Crippen LogP contribution in [0.4, 0.5) is 0 Å². The van der Waals surface area contributed by atoms with Gasteiger partial charge in [0.05, 0.1) is 6.04 Å². The van der Waals surface area contributed by atoms with Gasteiger partial charge in [-0.05, 0) is 47.4 Å². The van der Waals surface area contributed by atoms with Crippen LogP contribution >= 0.6 is 0 Å². The van der Waals surface area contributed by atoms with Crippen LogP contribution in [0.2, 0.25) is 0 Å². The van der Waals surface area contributed by atoms with Crippen LogP contribution < -0.4 is 9.47 Å². The predicted octanol–water partition coefficient (Wildman–Crippen LogP) is 4.84. The molecule has 0 bridgehead atoms.